The van der Waals surface area contributed by atoms with Gasteiger partial charge < -0.3 is 10.5 Å². The topological polar surface area (TPSA) is 93.8 Å². The van der Waals surface area contributed by atoms with Gasteiger partial charge in [-0.15, -0.1) is 0 Å². The fourth-order valence-corrected chi connectivity index (χ4v) is 2.39. The van der Waals surface area contributed by atoms with Gasteiger partial charge in [-0.05, 0) is 26.1 Å². The Labute approximate surface area is 117 Å². The number of nitrogens with one attached hydrogen (secondary N) is 1. The molecule has 1 heterocycles. The number of hydrazone groups is 1. The summed E-state index contributed by atoms with van der Waals surface area (Å²) < 4.78 is 5.14. The van der Waals surface area contributed by atoms with Crippen molar-refractivity contribution in [3.8, 4) is 0 Å². The molecule has 1 aliphatic rings. The Morgan fingerprint density at radius 1 is 1.68 bits per heavy atom. The number of nitrogens with two attached hydrogens (primary N) is 1. The summed E-state index contributed by atoms with van der Waals surface area (Å²) in [5, 5.41) is 3.99. The minimum atomic E-state index is -1.11. The van der Waals surface area contributed by atoms with E-state index in [4.69, 9.17) is 10.5 Å². The summed E-state index contributed by atoms with van der Waals surface area (Å²) in [4.78, 5) is 24.2. The highest BCUT2D eigenvalue weighted by Crippen LogP contribution is 2.39. The molecule has 0 amide bonds. The number of carbonyl (C=O) groups is 2. The predicted octanol–water partition coefficient (Wildman–Crippen LogP) is 0.887. The largest absolute Gasteiger partial charge is 0.462 e. The summed E-state index contributed by atoms with van der Waals surface area (Å²) >= 11 is 4.64. The summed E-state index contributed by atoms with van der Waals surface area (Å²) in [5.74, 6) is -0.580. The van der Waals surface area contributed by atoms with Crippen LogP contribution in [0.1, 0.15) is 40.0 Å². The maximum absolute atomic E-state index is 12.1. The average molecular weight is 285 g/mol. The first kappa shape index (κ1) is 15.6. The second-order valence-electron chi connectivity index (χ2n) is 4.78. The van der Waals surface area contributed by atoms with Crippen LogP contribution >= 0.6 is 12.2 Å². The van der Waals surface area contributed by atoms with Gasteiger partial charge in [0.2, 0.25) is 0 Å². The maximum Gasteiger partial charge on any atom is 0.320 e. The molecular formula is C12H19N3O3S. The third-order valence-corrected chi connectivity index (χ3v) is 3.20. The minimum absolute atomic E-state index is 0.0394. The number of cyclic esters (lactones) is 1. The highest BCUT2D eigenvalue weighted by Gasteiger charge is 2.52. The Bertz CT molecular complexity index is 426. The first-order chi connectivity index (χ1) is 8.81. The van der Waals surface area contributed by atoms with Gasteiger partial charge in [-0.2, -0.15) is 5.10 Å². The number of nitrogens with zero attached hydrogens (tertiary/aromatic N) is 1. The Morgan fingerprint density at radius 3 is 2.74 bits per heavy atom. The Balaban J connectivity index is 2.94. The zero-order valence-electron chi connectivity index (χ0n) is 11.4. The molecule has 3 N–H and O–H groups in total. The number of ketones is 1. The van der Waals surface area contributed by atoms with E-state index in [9.17, 15) is 9.59 Å². The molecule has 0 spiro atoms. The average Bonchev–Trinajstić information content (AvgIpc) is 2.61. The molecule has 0 bridgehead atoms. The zero-order valence-corrected chi connectivity index (χ0v) is 12.2. The third-order valence-electron chi connectivity index (χ3n) is 3.10. The van der Waals surface area contributed by atoms with Crippen molar-refractivity contribution < 1.29 is 14.3 Å². The highest BCUT2D eigenvalue weighted by atomic mass is 32.1. The van der Waals surface area contributed by atoms with Crippen LogP contribution in [0.3, 0.4) is 0 Å². The molecule has 2 unspecified atom stereocenters. The van der Waals surface area contributed by atoms with Crippen molar-refractivity contribution in [3.05, 3.63) is 0 Å². The lowest BCUT2D eigenvalue weighted by atomic mass is 9.75. The van der Waals surface area contributed by atoms with E-state index >= 15 is 0 Å². The molecule has 19 heavy (non-hydrogen) atoms. The van der Waals surface area contributed by atoms with Gasteiger partial charge in [0.25, 0.3) is 0 Å². The summed E-state index contributed by atoms with van der Waals surface area (Å²) in [6.07, 6.45) is 0.647. The number of hydrogen-bond donors (Lipinski definition) is 2. The second-order valence-corrected chi connectivity index (χ2v) is 5.22. The van der Waals surface area contributed by atoms with Crippen LogP contribution in [0, 0.1) is 5.41 Å². The number of thiocarbonyl (C=S) groups is 1. The SMILES string of the molecule is CCC(=O)C1(C/C(C)=N/NC(N)=S)CC(C)OC1=O. The number of hydrogen-bond acceptors (Lipinski definition) is 5. The zero-order chi connectivity index (χ0) is 14.6. The van der Waals surface area contributed by atoms with Crippen molar-refractivity contribution in [2.75, 3.05) is 0 Å². The second kappa shape index (κ2) is 6.10. The fraction of sp³-hybridized carbons (Fsp3) is 0.667. The van der Waals surface area contributed by atoms with E-state index < -0.39 is 11.4 Å². The molecule has 0 radical (unpaired) electrons. The molecule has 0 aromatic carbocycles. The van der Waals surface area contributed by atoms with Crippen molar-refractivity contribution in [3.63, 3.8) is 0 Å². The molecule has 1 fully saturated rings. The molecule has 0 aromatic heterocycles. The standard InChI is InChI=1S/C12H19N3O3S/c1-4-9(16)12(6-8(3)18-10(12)17)5-7(2)14-15-11(13)19/h8H,4-6H2,1-3H3,(H3,13,15,19)/b14-7+. The number of ether oxygens (including phenoxy) is 1. The normalized spacial score (nSPS) is 27.0. The molecule has 0 saturated carbocycles. The van der Waals surface area contributed by atoms with Crippen molar-refractivity contribution in [1.29, 1.82) is 0 Å². The summed E-state index contributed by atoms with van der Waals surface area (Å²) in [7, 11) is 0. The molecule has 0 aromatic rings. The first-order valence-electron chi connectivity index (χ1n) is 6.15. The van der Waals surface area contributed by atoms with Gasteiger partial charge in [-0.3, -0.25) is 15.0 Å². The van der Waals surface area contributed by atoms with Crippen LogP contribution in [0.2, 0.25) is 0 Å². The number of rotatable bonds is 5. The van der Waals surface area contributed by atoms with E-state index in [2.05, 4.69) is 22.7 Å². The summed E-state index contributed by atoms with van der Waals surface area (Å²) in [6, 6.07) is 0. The fourth-order valence-electron chi connectivity index (χ4n) is 2.35. The molecule has 6 nitrogen and oxygen atoms in total. The van der Waals surface area contributed by atoms with Crippen LogP contribution in [0.5, 0.6) is 0 Å². The van der Waals surface area contributed by atoms with Gasteiger partial charge in [0.05, 0.1) is 0 Å². The Hall–Kier alpha value is -1.50. The molecule has 1 aliphatic heterocycles. The van der Waals surface area contributed by atoms with Crippen LogP contribution < -0.4 is 11.2 Å². The van der Waals surface area contributed by atoms with Crippen LogP contribution in [0.25, 0.3) is 0 Å². The molecule has 7 heteroatoms. The lowest BCUT2D eigenvalue weighted by molar-refractivity contribution is -0.152. The van der Waals surface area contributed by atoms with Crippen LogP contribution in [0.15, 0.2) is 5.10 Å². The Kier molecular flexibility index (Phi) is 4.99. The number of carbonyl (C=O) groups excluding carboxylic acids is 2. The quantitative estimate of drug-likeness (QED) is 0.256. The predicted molar refractivity (Wildman–Crippen MR) is 75.5 cm³/mol. The first-order valence-corrected chi connectivity index (χ1v) is 6.55. The molecule has 2 atom stereocenters. The van der Waals surface area contributed by atoms with Gasteiger partial charge in [0.15, 0.2) is 5.11 Å². The minimum Gasteiger partial charge on any atom is -0.462 e. The van der Waals surface area contributed by atoms with Gasteiger partial charge >= 0.3 is 5.97 Å². The van der Waals surface area contributed by atoms with E-state index in [0.29, 0.717) is 12.1 Å². The van der Waals surface area contributed by atoms with Crippen LogP contribution in [0.4, 0.5) is 0 Å². The summed E-state index contributed by atoms with van der Waals surface area (Å²) in [6.45, 7) is 5.23. The smallest absolute Gasteiger partial charge is 0.320 e. The lowest BCUT2D eigenvalue weighted by Gasteiger charge is -2.22. The van der Waals surface area contributed by atoms with Gasteiger partial charge in [0, 0.05) is 25.0 Å². The van der Waals surface area contributed by atoms with E-state index in [1.54, 1.807) is 20.8 Å². The summed E-state index contributed by atoms with van der Waals surface area (Å²) in [5.41, 5.74) is 7.20. The lowest BCUT2D eigenvalue weighted by Crippen LogP contribution is -2.38. The molecule has 106 valence electrons. The van der Waals surface area contributed by atoms with Crippen molar-refractivity contribution in [1.82, 2.24) is 5.43 Å². The van der Waals surface area contributed by atoms with Crippen LogP contribution in [-0.2, 0) is 14.3 Å². The van der Waals surface area contributed by atoms with E-state index in [1.807, 2.05) is 0 Å². The van der Waals surface area contributed by atoms with Gasteiger partial charge in [-0.1, -0.05) is 6.92 Å². The number of Topliss-reactive ketones (excluding diaryl/α,β-unsaturated/α-hetero) is 1. The van der Waals surface area contributed by atoms with Crippen molar-refractivity contribution >= 4 is 34.8 Å². The molecule has 1 saturated heterocycles. The third kappa shape index (κ3) is 3.50. The molecule has 0 aliphatic carbocycles. The van der Waals surface area contributed by atoms with E-state index in [0.717, 1.165) is 0 Å². The molecule has 1 rings (SSSR count). The maximum atomic E-state index is 12.1. The van der Waals surface area contributed by atoms with Gasteiger partial charge in [0.1, 0.15) is 17.3 Å². The van der Waals surface area contributed by atoms with Gasteiger partial charge in [-0.25, -0.2) is 0 Å². The monoisotopic (exact) mass is 285 g/mol. The Morgan fingerprint density at radius 2 is 2.32 bits per heavy atom. The van der Waals surface area contributed by atoms with Crippen LogP contribution in [-0.4, -0.2) is 28.7 Å². The highest BCUT2D eigenvalue weighted by molar-refractivity contribution is 7.80. The van der Waals surface area contributed by atoms with E-state index in [-0.39, 0.29) is 29.8 Å². The van der Waals surface area contributed by atoms with E-state index in [1.165, 1.54) is 0 Å². The molecular weight excluding hydrogens is 266 g/mol. The van der Waals surface area contributed by atoms with Crippen molar-refractivity contribution in [2.24, 2.45) is 16.3 Å². The van der Waals surface area contributed by atoms with Crippen molar-refractivity contribution in [2.45, 2.75) is 46.1 Å². The number of esters is 1.